The second-order valence-electron chi connectivity index (χ2n) is 5.12. The second kappa shape index (κ2) is 11.3. The van der Waals surface area contributed by atoms with Crippen molar-refractivity contribution in [1.82, 2.24) is 0 Å². The van der Waals surface area contributed by atoms with Gasteiger partial charge in [0, 0.05) is 6.21 Å². The first-order valence-electron chi connectivity index (χ1n) is 7.86. The first-order valence-corrected chi connectivity index (χ1v) is 7.86. The summed E-state index contributed by atoms with van der Waals surface area (Å²) in [6, 6.07) is -1.20. The first-order chi connectivity index (χ1) is 9.99. The molecule has 21 heavy (non-hydrogen) atoms. The Morgan fingerprint density at radius 2 is 1.52 bits per heavy atom. The van der Waals surface area contributed by atoms with E-state index in [0.29, 0.717) is 5.92 Å². The molecule has 0 bridgehead atoms. The van der Waals surface area contributed by atoms with E-state index < -0.39 is 18.0 Å². The number of hydrogen-bond acceptors (Lipinski definition) is 5. The Labute approximate surface area is 128 Å². The lowest BCUT2D eigenvalue weighted by atomic mass is 9.93. The lowest BCUT2D eigenvalue weighted by Gasteiger charge is -2.15. The maximum atomic E-state index is 11.8. The number of ether oxygens (including phenoxy) is 2. The molecular formula is C16H29NO4. The summed E-state index contributed by atoms with van der Waals surface area (Å²) in [5.74, 6) is -0.451. The Bertz CT molecular complexity index is 323. The van der Waals surface area contributed by atoms with Crippen molar-refractivity contribution in [3.63, 3.8) is 0 Å². The molecule has 0 saturated heterocycles. The van der Waals surface area contributed by atoms with Gasteiger partial charge in [-0.3, -0.25) is 4.99 Å². The van der Waals surface area contributed by atoms with Crippen molar-refractivity contribution in [3.8, 4) is 0 Å². The van der Waals surface area contributed by atoms with E-state index in [1.807, 2.05) is 0 Å². The van der Waals surface area contributed by atoms with E-state index in [9.17, 15) is 9.59 Å². The van der Waals surface area contributed by atoms with E-state index in [-0.39, 0.29) is 19.1 Å². The van der Waals surface area contributed by atoms with Gasteiger partial charge in [0.1, 0.15) is 0 Å². The number of carbonyl (C=O) groups is 2. The average Bonchev–Trinajstić information content (AvgIpc) is 2.46. The van der Waals surface area contributed by atoms with Gasteiger partial charge in [0.2, 0.25) is 6.04 Å². The molecule has 0 aliphatic heterocycles. The number of hydrogen-bond donors (Lipinski definition) is 0. The molecule has 0 amide bonds. The molecule has 0 heterocycles. The summed E-state index contributed by atoms with van der Waals surface area (Å²) in [6.07, 6.45) is 4.73. The molecular weight excluding hydrogens is 270 g/mol. The van der Waals surface area contributed by atoms with Crippen LogP contribution in [-0.2, 0) is 19.1 Å². The summed E-state index contributed by atoms with van der Waals surface area (Å²) in [4.78, 5) is 27.7. The third-order valence-corrected chi connectivity index (χ3v) is 3.39. The highest BCUT2D eigenvalue weighted by molar-refractivity contribution is 6.00. The van der Waals surface area contributed by atoms with Crippen LogP contribution in [0.4, 0.5) is 0 Å². The zero-order valence-electron chi connectivity index (χ0n) is 13.9. The molecule has 5 nitrogen and oxygen atoms in total. The van der Waals surface area contributed by atoms with E-state index in [2.05, 4.69) is 25.8 Å². The molecule has 0 aromatic heterocycles. The summed E-state index contributed by atoms with van der Waals surface area (Å²) in [6.45, 7) is 10.2. The minimum Gasteiger partial charge on any atom is -0.464 e. The van der Waals surface area contributed by atoms with Gasteiger partial charge in [-0.15, -0.1) is 0 Å². The van der Waals surface area contributed by atoms with Gasteiger partial charge >= 0.3 is 11.9 Å². The first kappa shape index (κ1) is 19.6. The molecule has 0 radical (unpaired) electrons. The van der Waals surface area contributed by atoms with Crippen LogP contribution < -0.4 is 0 Å². The lowest BCUT2D eigenvalue weighted by Crippen LogP contribution is -2.32. The smallest absolute Gasteiger partial charge is 0.342 e. The topological polar surface area (TPSA) is 65.0 Å². The Morgan fingerprint density at radius 1 is 1.00 bits per heavy atom. The SMILES string of the molecule is CCOC(=O)C(N=CC(CC)CC(C)CC)C(=O)OCC. The Kier molecular flexibility index (Phi) is 10.5. The summed E-state index contributed by atoms with van der Waals surface area (Å²) < 4.78 is 9.77. The average molecular weight is 299 g/mol. The Morgan fingerprint density at radius 3 is 1.90 bits per heavy atom. The van der Waals surface area contributed by atoms with Crippen LogP contribution in [0, 0.1) is 11.8 Å². The zero-order chi connectivity index (χ0) is 16.3. The van der Waals surface area contributed by atoms with Gasteiger partial charge in [0.25, 0.3) is 0 Å². The quantitative estimate of drug-likeness (QED) is 0.353. The van der Waals surface area contributed by atoms with Crippen molar-refractivity contribution in [2.24, 2.45) is 16.8 Å². The van der Waals surface area contributed by atoms with Gasteiger partial charge in [-0.2, -0.15) is 0 Å². The Balaban J connectivity index is 4.86. The zero-order valence-corrected chi connectivity index (χ0v) is 13.9. The van der Waals surface area contributed by atoms with Crippen molar-refractivity contribution >= 4 is 18.2 Å². The highest BCUT2D eigenvalue weighted by atomic mass is 16.6. The molecule has 0 aromatic rings. The van der Waals surface area contributed by atoms with Crippen LogP contribution in [-0.4, -0.2) is 37.4 Å². The third-order valence-electron chi connectivity index (χ3n) is 3.39. The number of nitrogens with zero attached hydrogens (tertiary/aromatic N) is 1. The number of aliphatic imine (C=N–C) groups is 1. The summed E-state index contributed by atoms with van der Waals surface area (Å²) >= 11 is 0. The van der Waals surface area contributed by atoms with E-state index in [1.165, 1.54) is 0 Å². The van der Waals surface area contributed by atoms with Gasteiger partial charge < -0.3 is 9.47 Å². The van der Waals surface area contributed by atoms with Crippen LogP contribution in [0.1, 0.15) is 53.9 Å². The minimum absolute atomic E-state index is 0.217. The van der Waals surface area contributed by atoms with Crippen molar-refractivity contribution in [2.45, 2.75) is 59.9 Å². The van der Waals surface area contributed by atoms with E-state index in [4.69, 9.17) is 9.47 Å². The molecule has 5 heteroatoms. The fourth-order valence-electron chi connectivity index (χ4n) is 1.88. The van der Waals surface area contributed by atoms with Crippen LogP contribution in [0.2, 0.25) is 0 Å². The van der Waals surface area contributed by atoms with Gasteiger partial charge in [0.15, 0.2) is 0 Å². The fraction of sp³-hybridized carbons (Fsp3) is 0.812. The molecule has 2 atom stereocenters. The van der Waals surface area contributed by atoms with E-state index >= 15 is 0 Å². The molecule has 0 aromatic carbocycles. The second-order valence-corrected chi connectivity index (χ2v) is 5.12. The minimum atomic E-state index is -1.20. The van der Waals surface area contributed by atoms with Crippen molar-refractivity contribution < 1.29 is 19.1 Å². The predicted molar refractivity (Wildman–Crippen MR) is 83.4 cm³/mol. The van der Waals surface area contributed by atoms with Crippen molar-refractivity contribution in [3.05, 3.63) is 0 Å². The van der Waals surface area contributed by atoms with E-state index in [1.54, 1.807) is 20.1 Å². The van der Waals surface area contributed by atoms with Gasteiger partial charge in [-0.25, -0.2) is 9.59 Å². The van der Waals surface area contributed by atoms with Crippen LogP contribution in [0.25, 0.3) is 0 Å². The molecule has 2 unspecified atom stereocenters. The molecule has 0 saturated carbocycles. The molecule has 0 spiro atoms. The molecule has 0 aliphatic carbocycles. The molecule has 0 rings (SSSR count). The van der Waals surface area contributed by atoms with Crippen LogP contribution in [0.3, 0.4) is 0 Å². The number of carbonyl (C=O) groups excluding carboxylic acids is 2. The Hall–Kier alpha value is -1.39. The number of esters is 2. The van der Waals surface area contributed by atoms with Gasteiger partial charge in [-0.05, 0) is 38.5 Å². The van der Waals surface area contributed by atoms with Crippen LogP contribution in [0.15, 0.2) is 4.99 Å². The third kappa shape index (κ3) is 7.83. The highest BCUT2D eigenvalue weighted by Crippen LogP contribution is 2.16. The maximum Gasteiger partial charge on any atom is 0.342 e. The standard InChI is InChI=1S/C16H29NO4/c1-6-12(5)10-13(7-2)11-17-14(15(18)20-8-3)16(19)21-9-4/h11-14H,6-10H2,1-5H3. The predicted octanol–water partition coefficient (Wildman–Crippen LogP) is 3.01. The van der Waals surface area contributed by atoms with Crippen molar-refractivity contribution in [2.75, 3.05) is 13.2 Å². The lowest BCUT2D eigenvalue weighted by molar-refractivity contribution is -0.156. The monoisotopic (exact) mass is 299 g/mol. The molecule has 0 N–H and O–H groups in total. The number of rotatable bonds is 10. The van der Waals surface area contributed by atoms with Crippen LogP contribution in [0.5, 0.6) is 0 Å². The normalized spacial score (nSPS) is 14.2. The highest BCUT2D eigenvalue weighted by Gasteiger charge is 2.28. The van der Waals surface area contributed by atoms with Gasteiger partial charge in [0.05, 0.1) is 13.2 Å². The van der Waals surface area contributed by atoms with E-state index in [0.717, 1.165) is 19.3 Å². The van der Waals surface area contributed by atoms with Gasteiger partial charge in [-0.1, -0.05) is 27.2 Å². The summed E-state index contributed by atoms with van der Waals surface area (Å²) in [5.41, 5.74) is 0. The summed E-state index contributed by atoms with van der Waals surface area (Å²) in [7, 11) is 0. The fourth-order valence-corrected chi connectivity index (χ4v) is 1.88. The van der Waals surface area contributed by atoms with Crippen LogP contribution >= 0.6 is 0 Å². The summed E-state index contributed by atoms with van der Waals surface area (Å²) in [5, 5.41) is 0. The molecule has 122 valence electrons. The molecule has 0 fully saturated rings. The molecule has 0 aliphatic rings. The maximum absolute atomic E-state index is 11.8. The largest absolute Gasteiger partial charge is 0.464 e. The van der Waals surface area contributed by atoms with Crippen molar-refractivity contribution in [1.29, 1.82) is 0 Å².